The number of allylic oxidation sites excluding steroid dienone is 1. The van der Waals surface area contributed by atoms with E-state index in [4.69, 9.17) is 4.74 Å². The Hall–Kier alpha value is -4.07. The number of ether oxygens (including phenoxy) is 1. The zero-order valence-electron chi connectivity index (χ0n) is 25.7. The Bertz CT molecular complexity index is 1970. The number of benzene rings is 1. The van der Waals surface area contributed by atoms with Crippen LogP contribution < -0.4 is 0 Å². The summed E-state index contributed by atoms with van der Waals surface area (Å²) < 4.78 is 67.2. The SMILES string of the molecule is COC1(C)CC(N([C@H]2CCC3=Cc4c(cnn4-c4ccc(F)cc4)C[C@]3(C(=O)c3cc(F)ccn3)C2)S(=O)(=O)c2ccn(C)n2)C1. The smallest absolute Gasteiger partial charge is 0.262 e. The number of halogens is 2. The summed E-state index contributed by atoms with van der Waals surface area (Å²) >= 11 is 0. The third-order valence-electron chi connectivity index (χ3n) is 9.87. The molecule has 0 spiro atoms. The number of ketones is 1. The minimum atomic E-state index is -4.06. The fraction of sp³-hybridized carbons (Fsp3) is 0.394. The van der Waals surface area contributed by atoms with Crippen molar-refractivity contribution in [3.63, 3.8) is 0 Å². The van der Waals surface area contributed by atoms with Gasteiger partial charge in [-0.3, -0.25) is 14.5 Å². The first-order valence-corrected chi connectivity index (χ1v) is 16.7. The standard InChI is InChI=1S/C33H34F2N6O4S/c1-32(45-3)17-27(18-32)41(46(43,44)30-11-13-39(2)38-30)26-7-4-22-14-29-21(20-37-40(29)25-8-5-23(34)6-9-25)16-33(22,19-26)31(42)28-15-24(35)10-12-36-28/h5-6,8-15,20,26-27H,4,7,16-19H2,1-3H3/t26-,27?,32?,33-/m0/s1. The molecule has 2 fully saturated rings. The topological polar surface area (TPSA) is 112 Å². The Morgan fingerprint density at radius 3 is 2.50 bits per heavy atom. The number of fused-ring (bicyclic) bond motifs is 2. The number of hydrogen-bond donors (Lipinski definition) is 0. The number of carbonyl (C=O) groups excluding carboxylic acids is 1. The molecule has 3 aliphatic carbocycles. The molecule has 46 heavy (non-hydrogen) atoms. The van der Waals surface area contributed by atoms with Crippen molar-refractivity contribution in [2.75, 3.05) is 7.11 Å². The molecule has 2 atom stereocenters. The molecule has 0 bridgehead atoms. The molecule has 3 aromatic heterocycles. The van der Waals surface area contributed by atoms with Gasteiger partial charge in [-0.05, 0) is 93.5 Å². The number of aromatic nitrogens is 5. The highest BCUT2D eigenvalue weighted by Gasteiger charge is 2.55. The van der Waals surface area contributed by atoms with Crippen LogP contribution in [0.15, 0.2) is 71.7 Å². The lowest BCUT2D eigenvalue weighted by atomic mass is 9.60. The number of methoxy groups -OCH3 is 1. The summed E-state index contributed by atoms with van der Waals surface area (Å²) in [4.78, 5) is 18.8. The number of pyridine rings is 1. The molecule has 0 N–H and O–H groups in total. The maximum atomic E-state index is 14.6. The Morgan fingerprint density at radius 2 is 1.83 bits per heavy atom. The fourth-order valence-electron chi connectivity index (χ4n) is 7.48. The van der Waals surface area contributed by atoms with E-state index in [1.165, 1.54) is 35.1 Å². The van der Waals surface area contributed by atoms with Crippen molar-refractivity contribution in [3.05, 3.63) is 95.2 Å². The number of sulfonamides is 1. The monoisotopic (exact) mass is 648 g/mol. The van der Waals surface area contributed by atoms with Crippen molar-refractivity contribution in [1.82, 2.24) is 28.9 Å². The highest BCUT2D eigenvalue weighted by Crippen LogP contribution is 2.53. The predicted molar refractivity (Wildman–Crippen MR) is 164 cm³/mol. The van der Waals surface area contributed by atoms with Gasteiger partial charge in [0.25, 0.3) is 10.0 Å². The van der Waals surface area contributed by atoms with Gasteiger partial charge in [0.05, 0.1) is 28.6 Å². The molecular weight excluding hydrogens is 614 g/mol. The van der Waals surface area contributed by atoms with Gasteiger partial charge in [0.1, 0.15) is 17.3 Å². The van der Waals surface area contributed by atoms with E-state index in [-0.39, 0.29) is 41.2 Å². The molecule has 10 nitrogen and oxygen atoms in total. The number of rotatable bonds is 8. The highest BCUT2D eigenvalue weighted by atomic mass is 32.2. The molecule has 1 aromatic carbocycles. The fourth-order valence-corrected chi connectivity index (χ4v) is 9.27. The first-order chi connectivity index (χ1) is 21.9. The largest absolute Gasteiger partial charge is 0.378 e. The quantitative estimate of drug-likeness (QED) is 0.250. The Morgan fingerprint density at radius 1 is 1.07 bits per heavy atom. The van der Waals surface area contributed by atoms with E-state index < -0.39 is 32.9 Å². The molecule has 0 radical (unpaired) electrons. The van der Waals surface area contributed by atoms with Crippen molar-refractivity contribution in [2.24, 2.45) is 12.5 Å². The van der Waals surface area contributed by atoms with E-state index in [2.05, 4.69) is 15.2 Å². The van der Waals surface area contributed by atoms with Crippen LogP contribution in [0.5, 0.6) is 0 Å². The molecule has 13 heteroatoms. The molecule has 0 amide bonds. The third kappa shape index (κ3) is 5.01. The van der Waals surface area contributed by atoms with Crippen molar-refractivity contribution in [1.29, 1.82) is 0 Å². The van der Waals surface area contributed by atoms with Crippen LogP contribution in [0, 0.1) is 17.0 Å². The molecule has 0 saturated heterocycles. The molecule has 7 rings (SSSR count). The number of Topliss-reactive ketones (excluding diaryl/α,β-unsaturated/α-hetero) is 1. The average molecular weight is 649 g/mol. The van der Waals surface area contributed by atoms with E-state index in [0.29, 0.717) is 31.4 Å². The van der Waals surface area contributed by atoms with Gasteiger partial charge in [-0.1, -0.05) is 5.57 Å². The van der Waals surface area contributed by atoms with Gasteiger partial charge in [-0.25, -0.2) is 21.9 Å². The first-order valence-electron chi connectivity index (χ1n) is 15.2. The third-order valence-corrected chi connectivity index (χ3v) is 11.8. The van der Waals surface area contributed by atoms with Crippen LogP contribution >= 0.6 is 0 Å². The Balaban J connectivity index is 1.33. The Labute approximate surface area is 265 Å². The van der Waals surface area contributed by atoms with Crippen LogP contribution in [0.3, 0.4) is 0 Å². The summed E-state index contributed by atoms with van der Waals surface area (Å²) in [6.07, 6.45) is 8.74. The summed E-state index contributed by atoms with van der Waals surface area (Å²) in [7, 11) is -0.777. The Kier molecular flexibility index (Phi) is 7.33. The molecule has 2 saturated carbocycles. The average Bonchev–Trinajstić information content (AvgIpc) is 3.65. The van der Waals surface area contributed by atoms with Gasteiger partial charge in [0.2, 0.25) is 0 Å². The molecule has 0 unspecified atom stereocenters. The van der Waals surface area contributed by atoms with Crippen LogP contribution in [0.25, 0.3) is 11.8 Å². The number of carbonyl (C=O) groups is 1. The second-order valence-corrected chi connectivity index (χ2v) is 14.6. The molecule has 240 valence electrons. The summed E-state index contributed by atoms with van der Waals surface area (Å²) in [6, 6.07) is 8.88. The van der Waals surface area contributed by atoms with E-state index in [1.54, 1.807) is 47.7 Å². The van der Waals surface area contributed by atoms with Crippen molar-refractivity contribution < 1.29 is 26.7 Å². The minimum absolute atomic E-state index is 0.0179. The van der Waals surface area contributed by atoms with Gasteiger partial charge < -0.3 is 4.74 Å². The number of nitrogens with zero attached hydrogens (tertiary/aromatic N) is 6. The summed E-state index contributed by atoms with van der Waals surface area (Å²) in [5.74, 6) is -1.31. The number of hydrogen-bond acceptors (Lipinski definition) is 7. The van der Waals surface area contributed by atoms with Crippen molar-refractivity contribution >= 4 is 21.9 Å². The molecule has 3 aliphatic rings. The second kappa shape index (κ2) is 11.0. The molecule has 3 heterocycles. The van der Waals surface area contributed by atoms with E-state index in [9.17, 15) is 22.0 Å². The lowest BCUT2D eigenvalue weighted by Gasteiger charge is -2.53. The van der Waals surface area contributed by atoms with Gasteiger partial charge >= 0.3 is 0 Å². The maximum Gasteiger partial charge on any atom is 0.262 e. The van der Waals surface area contributed by atoms with E-state index >= 15 is 0 Å². The van der Waals surface area contributed by atoms with Gasteiger partial charge in [-0.2, -0.15) is 14.5 Å². The van der Waals surface area contributed by atoms with E-state index in [1.807, 2.05) is 13.0 Å². The van der Waals surface area contributed by atoms with Crippen LogP contribution in [0.1, 0.15) is 60.8 Å². The van der Waals surface area contributed by atoms with Gasteiger partial charge in [0, 0.05) is 44.7 Å². The molecule has 4 aromatic rings. The van der Waals surface area contributed by atoms with Crippen molar-refractivity contribution in [3.8, 4) is 5.69 Å². The zero-order valence-corrected chi connectivity index (χ0v) is 26.5. The van der Waals surface area contributed by atoms with Crippen LogP contribution in [0.4, 0.5) is 8.78 Å². The lowest BCUT2D eigenvalue weighted by molar-refractivity contribution is -0.0976. The first kappa shape index (κ1) is 30.6. The van der Waals surface area contributed by atoms with Crippen LogP contribution in [-0.4, -0.2) is 67.8 Å². The van der Waals surface area contributed by atoms with Crippen LogP contribution in [-0.2, 0) is 28.2 Å². The second-order valence-electron chi connectivity index (χ2n) is 12.8. The molecule has 0 aliphatic heterocycles. The lowest BCUT2D eigenvalue weighted by Crippen LogP contribution is -2.61. The van der Waals surface area contributed by atoms with Gasteiger partial charge in [-0.15, -0.1) is 0 Å². The van der Waals surface area contributed by atoms with Crippen LogP contribution in [0.2, 0.25) is 0 Å². The summed E-state index contributed by atoms with van der Waals surface area (Å²) in [6.45, 7) is 1.96. The van der Waals surface area contributed by atoms with Gasteiger partial charge in [0.15, 0.2) is 10.8 Å². The number of aryl methyl sites for hydroxylation is 1. The highest BCUT2D eigenvalue weighted by molar-refractivity contribution is 7.89. The zero-order chi connectivity index (χ0) is 32.4. The predicted octanol–water partition coefficient (Wildman–Crippen LogP) is 4.90. The molecular formula is C33H34F2N6O4S. The van der Waals surface area contributed by atoms with Crippen molar-refractivity contribution in [2.45, 2.75) is 68.2 Å². The maximum absolute atomic E-state index is 14.6. The minimum Gasteiger partial charge on any atom is -0.378 e. The summed E-state index contributed by atoms with van der Waals surface area (Å²) in [5.41, 5.74) is 1.34. The normalized spacial score (nSPS) is 25.8. The van der Waals surface area contributed by atoms with E-state index in [0.717, 1.165) is 22.9 Å². The summed E-state index contributed by atoms with van der Waals surface area (Å²) in [5, 5.41) is 8.77.